The molecule has 1 aliphatic rings. The highest BCUT2D eigenvalue weighted by Gasteiger charge is 2.39. The molecule has 2 amide bonds. The van der Waals surface area contributed by atoms with Gasteiger partial charge < -0.3 is 5.32 Å². The number of hydrogen-bond acceptors (Lipinski definition) is 4. The first kappa shape index (κ1) is 16.1. The van der Waals surface area contributed by atoms with Crippen molar-refractivity contribution in [3.05, 3.63) is 59.4 Å². The molecule has 7 heteroatoms. The van der Waals surface area contributed by atoms with E-state index in [1.54, 1.807) is 19.1 Å². The number of nitrogens with zero attached hydrogens (tertiary/aromatic N) is 3. The van der Waals surface area contributed by atoms with Gasteiger partial charge in [0, 0.05) is 6.20 Å². The van der Waals surface area contributed by atoms with Crippen molar-refractivity contribution >= 4 is 34.8 Å². The summed E-state index contributed by atoms with van der Waals surface area (Å²) in [5.74, 6) is -1.77. The van der Waals surface area contributed by atoms with Gasteiger partial charge in [0.2, 0.25) is 5.91 Å². The van der Waals surface area contributed by atoms with Crippen molar-refractivity contribution in [1.29, 1.82) is 0 Å². The van der Waals surface area contributed by atoms with Crippen LogP contribution in [0.2, 0.25) is 5.15 Å². The van der Waals surface area contributed by atoms with E-state index >= 15 is 0 Å². The lowest BCUT2D eigenvalue weighted by Gasteiger charge is -2.14. The predicted molar refractivity (Wildman–Crippen MR) is 91.5 cm³/mol. The zero-order valence-corrected chi connectivity index (χ0v) is 13.7. The number of carbonyl (C=O) groups excluding carboxylic acids is 2. The molecule has 0 aliphatic carbocycles. The summed E-state index contributed by atoms with van der Waals surface area (Å²) in [6, 6.07) is 12.8. The van der Waals surface area contributed by atoms with Gasteiger partial charge >= 0.3 is 0 Å². The average molecular weight is 343 g/mol. The molecule has 1 atom stereocenters. The van der Waals surface area contributed by atoms with E-state index in [4.69, 9.17) is 11.6 Å². The molecule has 24 heavy (non-hydrogen) atoms. The third-order valence-electron chi connectivity index (χ3n) is 3.65. The Kier molecular flexibility index (Phi) is 4.57. The molecular weight excluding hydrogens is 328 g/mol. The minimum atomic E-state index is -0.954. The number of hydrogen-bond donors (Lipinski definition) is 1. The van der Waals surface area contributed by atoms with Crippen LogP contribution in [-0.4, -0.2) is 27.5 Å². The molecule has 0 fully saturated rings. The van der Waals surface area contributed by atoms with Crippen molar-refractivity contribution in [2.75, 3.05) is 5.32 Å². The van der Waals surface area contributed by atoms with E-state index in [0.29, 0.717) is 17.9 Å². The summed E-state index contributed by atoms with van der Waals surface area (Å²) in [6.07, 6.45) is 1.52. The summed E-state index contributed by atoms with van der Waals surface area (Å²) < 4.78 is 0. The second-order valence-electron chi connectivity index (χ2n) is 5.39. The second kappa shape index (κ2) is 6.80. The van der Waals surface area contributed by atoms with Crippen molar-refractivity contribution in [2.24, 2.45) is 11.0 Å². The van der Waals surface area contributed by atoms with Gasteiger partial charge in [0.25, 0.3) is 5.91 Å². The summed E-state index contributed by atoms with van der Waals surface area (Å²) in [6.45, 7) is 1.99. The van der Waals surface area contributed by atoms with E-state index in [0.717, 1.165) is 5.56 Å². The number of amides is 2. The number of hydrazone groups is 1. The van der Waals surface area contributed by atoms with Crippen LogP contribution >= 0.6 is 11.6 Å². The first-order valence-corrected chi connectivity index (χ1v) is 7.76. The first-order chi connectivity index (χ1) is 11.6. The van der Waals surface area contributed by atoms with Crippen LogP contribution in [0.1, 0.15) is 12.5 Å². The molecular formula is C17H15ClN4O2. The van der Waals surface area contributed by atoms with Crippen molar-refractivity contribution in [1.82, 2.24) is 9.99 Å². The Balaban J connectivity index is 1.73. The lowest BCUT2D eigenvalue weighted by atomic mass is 10.0. The van der Waals surface area contributed by atoms with Gasteiger partial charge in [-0.2, -0.15) is 5.10 Å². The highest BCUT2D eigenvalue weighted by molar-refractivity contribution is 6.33. The summed E-state index contributed by atoms with van der Waals surface area (Å²) in [7, 11) is 0. The highest BCUT2D eigenvalue weighted by atomic mass is 35.5. The van der Waals surface area contributed by atoms with Crippen LogP contribution in [0.4, 0.5) is 5.69 Å². The number of rotatable bonds is 4. The maximum absolute atomic E-state index is 12.5. The number of nitrogens with one attached hydrogen (secondary N) is 1. The first-order valence-electron chi connectivity index (χ1n) is 7.38. The van der Waals surface area contributed by atoms with Gasteiger partial charge in [0.05, 0.1) is 17.9 Å². The monoisotopic (exact) mass is 342 g/mol. The average Bonchev–Trinajstić information content (AvgIpc) is 2.84. The molecule has 3 rings (SSSR count). The fourth-order valence-electron chi connectivity index (χ4n) is 2.48. The minimum absolute atomic E-state index is 0.173. The molecule has 0 unspecified atom stereocenters. The van der Waals surface area contributed by atoms with Gasteiger partial charge in [0.15, 0.2) is 11.1 Å². The summed E-state index contributed by atoms with van der Waals surface area (Å²) in [4.78, 5) is 28.9. The number of carbonyl (C=O) groups is 2. The molecule has 2 aromatic rings. The standard InChI is InChI=1S/C17H15ClN4O2/c1-11-14(16(23)20-13-8-5-9-19-15(13)18)17(24)22(21-11)10-12-6-3-2-4-7-12/h2-9,14H,10H2,1H3,(H,20,23)/t14-/m0/s1. The molecule has 1 aromatic heterocycles. The van der Waals surface area contributed by atoms with E-state index in [2.05, 4.69) is 15.4 Å². The third kappa shape index (κ3) is 3.28. The molecule has 1 aliphatic heterocycles. The predicted octanol–water partition coefficient (Wildman–Crippen LogP) is 2.71. The largest absolute Gasteiger partial charge is 0.322 e. The van der Waals surface area contributed by atoms with E-state index in [-0.39, 0.29) is 11.1 Å². The Labute approximate surface area is 144 Å². The van der Waals surface area contributed by atoms with Crippen LogP contribution in [0.15, 0.2) is 53.8 Å². The lowest BCUT2D eigenvalue weighted by molar-refractivity contribution is -0.136. The minimum Gasteiger partial charge on any atom is -0.322 e. The SMILES string of the molecule is CC1=NN(Cc2ccccc2)C(=O)[C@@H]1C(=O)Nc1cccnc1Cl. The number of halogens is 1. The van der Waals surface area contributed by atoms with E-state index in [9.17, 15) is 9.59 Å². The molecule has 122 valence electrons. The Morgan fingerprint density at radius 2 is 2.00 bits per heavy atom. The Hall–Kier alpha value is -2.73. The van der Waals surface area contributed by atoms with E-state index < -0.39 is 11.8 Å². The summed E-state index contributed by atoms with van der Waals surface area (Å²) in [5, 5.41) is 8.35. The van der Waals surface area contributed by atoms with Crippen LogP contribution in [0.5, 0.6) is 0 Å². The van der Waals surface area contributed by atoms with Crippen LogP contribution in [0.25, 0.3) is 0 Å². The Morgan fingerprint density at radius 1 is 1.25 bits per heavy atom. The van der Waals surface area contributed by atoms with Crippen molar-refractivity contribution < 1.29 is 9.59 Å². The quantitative estimate of drug-likeness (QED) is 0.685. The van der Waals surface area contributed by atoms with Crippen molar-refractivity contribution in [3.8, 4) is 0 Å². The smallest absolute Gasteiger partial charge is 0.261 e. The maximum Gasteiger partial charge on any atom is 0.261 e. The number of aromatic nitrogens is 1. The highest BCUT2D eigenvalue weighted by Crippen LogP contribution is 2.23. The maximum atomic E-state index is 12.5. The molecule has 1 N–H and O–H groups in total. The van der Waals surface area contributed by atoms with Gasteiger partial charge in [-0.25, -0.2) is 9.99 Å². The number of benzene rings is 1. The third-order valence-corrected chi connectivity index (χ3v) is 3.95. The zero-order valence-electron chi connectivity index (χ0n) is 12.9. The fourth-order valence-corrected chi connectivity index (χ4v) is 2.65. The molecule has 6 nitrogen and oxygen atoms in total. The van der Waals surface area contributed by atoms with Crippen molar-refractivity contribution in [3.63, 3.8) is 0 Å². The van der Waals surface area contributed by atoms with E-state index in [1.807, 2.05) is 30.3 Å². The Bertz CT molecular complexity index is 807. The molecule has 0 saturated heterocycles. The van der Waals surface area contributed by atoms with Gasteiger partial charge in [0.1, 0.15) is 0 Å². The topological polar surface area (TPSA) is 74.7 Å². The zero-order chi connectivity index (χ0) is 17.1. The van der Waals surface area contributed by atoms with Crippen LogP contribution in [0, 0.1) is 5.92 Å². The lowest BCUT2D eigenvalue weighted by Crippen LogP contribution is -2.36. The molecule has 0 spiro atoms. The van der Waals surface area contributed by atoms with Gasteiger partial charge in [-0.1, -0.05) is 41.9 Å². The number of pyridine rings is 1. The van der Waals surface area contributed by atoms with Gasteiger partial charge in [-0.3, -0.25) is 9.59 Å². The van der Waals surface area contributed by atoms with Crippen LogP contribution < -0.4 is 5.32 Å². The summed E-state index contributed by atoms with van der Waals surface area (Å²) in [5.41, 5.74) is 1.76. The fraction of sp³-hybridized carbons (Fsp3) is 0.176. The molecule has 1 aromatic carbocycles. The van der Waals surface area contributed by atoms with Gasteiger partial charge in [-0.05, 0) is 24.6 Å². The Morgan fingerprint density at radius 3 is 2.71 bits per heavy atom. The van der Waals surface area contributed by atoms with Crippen molar-refractivity contribution in [2.45, 2.75) is 13.5 Å². The van der Waals surface area contributed by atoms with Crippen LogP contribution in [-0.2, 0) is 16.1 Å². The molecule has 0 bridgehead atoms. The normalized spacial score (nSPS) is 16.9. The van der Waals surface area contributed by atoms with E-state index in [1.165, 1.54) is 11.2 Å². The second-order valence-corrected chi connectivity index (χ2v) is 5.74. The number of anilines is 1. The van der Waals surface area contributed by atoms with Gasteiger partial charge in [-0.15, -0.1) is 0 Å². The summed E-state index contributed by atoms with van der Waals surface area (Å²) >= 11 is 5.93. The molecule has 0 saturated carbocycles. The molecule has 0 radical (unpaired) electrons. The van der Waals surface area contributed by atoms with Crippen LogP contribution in [0.3, 0.4) is 0 Å². The molecule has 2 heterocycles.